The van der Waals surface area contributed by atoms with E-state index >= 15 is 0 Å². The van der Waals surface area contributed by atoms with Gasteiger partial charge in [-0.15, -0.1) is 11.3 Å². The number of urea groups is 1. The van der Waals surface area contributed by atoms with Gasteiger partial charge in [-0.05, 0) is 43.0 Å². The van der Waals surface area contributed by atoms with Crippen LogP contribution in [0, 0.1) is 6.92 Å². The Bertz CT molecular complexity index is 830. The lowest BCUT2D eigenvalue weighted by molar-refractivity contribution is -0.113. The van der Waals surface area contributed by atoms with Crippen LogP contribution in [0.1, 0.15) is 23.4 Å². The Morgan fingerprint density at radius 3 is 2.75 bits per heavy atom. The molecule has 2 heterocycles. The lowest BCUT2D eigenvalue weighted by Crippen LogP contribution is -2.45. The molecular weight excluding hydrogens is 346 g/mol. The Hall–Kier alpha value is -2.31. The third-order valence-electron chi connectivity index (χ3n) is 3.77. The normalized spacial score (nSPS) is 17.3. The molecule has 1 aliphatic rings. The van der Waals surface area contributed by atoms with E-state index in [9.17, 15) is 9.59 Å². The Morgan fingerprint density at radius 1 is 1.29 bits per heavy atom. The molecule has 0 aliphatic carbocycles. The molecule has 3 N–H and O–H groups in total. The van der Waals surface area contributed by atoms with Crippen molar-refractivity contribution in [3.63, 3.8) is 0 Å². The minimum Gasteiger partial charge on any atom is -0.326 e. The van der Waals surface area contributed by atoms with Crippen molar-refractivity contribution in [3.05, 3.63) is 62.4 Å². The van der Waals surface area contributed by atoms with Crippen molar-refractivity contribution < 1.29 is 9.59 Å². The van der Waals surface area contributed by atoms with Gasteiger partial charge in [-0.3, -0.25) is 4.79 Å². The van der Waals surface area contributed by atoms with E-state index in [4.69, 9.17) is 11.6 Å². The number of carbonyl (C=O) groups is 2. The average molecular weight is 362 g/mol. The molecule has 0 unspecified atom stereocenters. The molecule has 3 amide bonds. The number of thiophene rings is 1. The third-order valence-corrected chi connectivity index (χ3v) is 5.12. The van der Waals surface area contributed by atoms with Crippen LogP contribution in [0.25, 0.3) is 0 Å². The van der Waals surface area contributed by atoms with Gasteiger partial charge < -0.3 is 16.0 Å². The molecule has 0 saturated carbocycles. The second-order valence-electron chi connectivity index (χ2n) is 5.50. The van der Waals surface area contributed by atoms with Gasteiger partial charge in [0.1, 0.15) is 0 Å². The maximum atomic E-state index is 12.8. The molecule has 124 valence electrons. The number of carbonyl (C=O) groups excluding carboxylic acids is 2. The van der Waals surface area contributed by atoms with Gasteiger partial charge in [0.2, 0.25) is 0 Å². The number of aryl methyl sites for hydroxylation is 1. The minimum absolute atomic E-state index is 0.279. The van der Waals surface area contributed by atoms with E-state index in [1.165, 1.54) is 11.3 Å². The fourth-order valence-corrected chi connectivity index (χ4v) is 3.50. The maximum absolute atomic E-state index is 12.8. The summed E-state index contributed by atoms with van der Waals surface area (Å²) < 4.78 is 0. The molecule has 0 bridgehead atoms. The number of hydrogen-bond donors (Lipinski definition) is 3. The molecule has 1 aromatic carbocycles. The van der Waals surface area contributed by atoms with Crippen LogP contribution in [0.3, 0.4) is 0 Å². The Kier molecular flexibility index (Phi) is 4.59. The summed E-state index contributed by atoms with van der Waals surface area (Å²) in [6.45, 7) is 3.62. The van der Waals surface area contributed by atoms with Crippen LogP contribution in [0.4, 0.5) is 10.5 Å². The van der Waals surface area contributed by atoms with Crippen molar-refractivity contribution >= 4 is 40.6 Å². The summed E-state index contributed by atoms with van der Waals surface area (Å²) in [4.78, 5) is 25.5. The van der Waals surface area contributed by atoms with Crippen LogP contribution in [0.15, 0.2) is 47.0 Å². The number of allylic oxidation sites excluding steroid dienone is 1. The van der Waals surface area contributed by atoms with Gasteiger partial charge in [-0.25, -0.2) is 4.79 Å². The molecular formula is C17H16ClN3O2S. The topological polar surface area (TPSA) is 70.2 Å². The van der Waals surface area contributed by atoms with Gasteiger partial charge in [0.05, 0.1) is 11.6 Å². The molecule has 5 nitrogen and oxygen atoms in total. The minimum atomic E-state index is -0.473. The number of anilines is 1. The maximum Gasteiger partial charge on any atom is 0.319 e. The molecule has 2 aromatic rings. The van der Waals surface area contributed by atoms with Crippen LogP contribution in [0.2, 0.25) is 5.02 Å². The van der Waals surface area contributed by atoms with Crippen LogP contribution >= 0.6 is 22.9 Å². The van der Waals surface area contributed by atoms with Crippen molar-refractivity contribution in [2.24, 2.45) is 0 Å². The zero-order chi connectivity index (χ0) is 17.3. The Labute approximate surface area is 148 Å². The molecule has 1 aliphatic heterocycles. The van der Waals surface area contributed by atoms with Crippen LogP contribution in [0.5, 0.6) is 0 Å². The predicted molar refractivity (Wildman–Crippen MR) is 96.2 cm³/mol. The molecule has 1 atom stereocenters. The highest BCUT2D eigenvalue weighted by Crippen LogP contribution is 2.30. The van der Waals surface area contributed by atoms with Gasteiger partial charge in [0.25, 0.3) is 5.91 Å². The quantitative estimate of drug-likeness (QED) is 0.774. The first-order valence-corrected chi connectivity index (χ1v) is 8.60. The van der Waals surface area contributed by atoms with E-state index in [0.29, 0.717) is 22.0 Å². The zero-order valence-electron chi connectivity index (χ0n) is 13.1. The Morgan fingerprint density at radius 2 is 2.08 bits per heavy atom. The SMILES string of the molecule is CC1=C(C(=O)Nc2ccc(C)c(Cl)c2)[C@@H](c2cccs2)NC(=O)N1. The summed E-state index contributed by atoms with van der Waals surface area (Å²) in [5.74, 6) is -0.279. The number of hydrogen-bond acceptors (Lipinski definition) is 3. The summed E-state index contributed by atoms with van der Waals surface area (Å²) in [5.41, 5.74) is 2.56. The fraction of sp³-hybridized carbons (Fsp3) is 0.176. The molecule has 24 heavy (non-hydrogen) atoms. The number of nitrogens with one attached hydrogen (secondary N) is 3. The summed E-state index contributed by atoms with van der Waals surface area (Å²) in [7, 11) is 0. The van der Waals surface area contributed by atoms with Crippen molar-refractivity contribution in [1.82, 2.24) is 10.6 Å². The summed E-state index contributed by atoms with van der Waals surface area (Å²) in [5, 5.41) is 10.8. The van der Waals surface area contributed by atoms with E-state index in [0.717, 1.165) is 10.4 Å². The second-order valence-corrected chi connectivity index (χ2v) is 6.89. The lowest BCUT2D eigenvalue weighted by Gasteiger charge is -2.27. The van der Waals surface area contributed by atoms with Crippen LogP contribution in [-0.2, 0) is 4.79 Å². The molecule has 7 heteroatoms. The van der Waals surface area contributed by atoms with Crippen LogP contribution in [-0.4, -0.2) is 11.9 Å². The Balaban J connectivity index is 1.91. The van der Waals surface area contributed by atoms with Gasteiger partial charge in [0.15, 0.2) is 0 Å². The standard InChI is InChI=1S/C17H16ClN3O2S/c1-9-5-6-11(8-12(9)18)20-16(22)14-10(2)19-17(23)21-15(14)13-4-3-7-24-13/h3-8,15H,1-2H3,(H,20,22)(H2,19,21,23)/t15-/m1/s1. The van der Waals surface area contributed by atoms with Crippen molar-refractivity contribution in [1.29, 1.82) is 0 Å². The van der Waals surface area contributed by atoms with E-state index in [1.54, 1.807) is 19.1 Å². The van der Waals surface area contributed by atoms with E-state index in [-0.39, 0.29) is 11.9 Å². The highest BCUT2D eigenvalue weighted by molar-refractivity contribution is 7.10. The summed E-state index contributed by atoms with van der Waals surface area (Å²) in [6, 6.07) is 8.34. The van der Waals surface area contributed by atoms with Gasteiger partial charge in [0, 0.05) is 21.3 Å². The molecule has 0 fully saturated rings. The van der Waals surface area contributed by atoms with Gasteiger partial charge in [-0.2, -0.15) is 0 Å². The van der Waals surface area contributed by atoms with Crippen molar-refractivity contribution in [2.75, 3.05) is 5.32 Å². The first-order chi connectivity index (χ1) is 11.5. The van der Waals surface area contributed by atoms with E-state index < -0.39 is 6.04 Å². The first kappa shape index (κ1) is 16.5. The second kappa shape index (κ2) is 6.67. The molecule has 0 spiro atoms. The summed E-state index contributed by atoms with van der Waals surface area (Å²) >= 11 is 7.60. The monoisotopic (exact) mass is 361 g/mol. The van der Waals surface area contributed by atoms with E-state index in [1.807, 2.05) is 30.5 Å². The number of amides is 3. The zero-order valence-corrected chi connectivity index (χ0v) is 14.7. The predicted octanol–water partition coefficient (Wildman–Crippen LogP) is 3.98. The number of rotatable bonds is 3. The number of halogens is 1. The smallest absolute Gasteiger partial charge is 0.319 e. The molecule has 3 rings (SSSR count). The highest BCUT2D eigenvalue weighted by Gasteiger charge is 2.31. The largest absolute Gasteiger partial charge is 0.326 e. The van der Waals surface area contributed by atoms with E-state index in [2.05, 4.69) is 16.0 Å². The van der Waals surface area contributed by atoms with Crippen LogP contribution < -0.4 is 16.0 Å². The summed E-state index contributed by atoms with van der Waals surface area (Å²) in [6.07, 6.45) is 0. The van der Waals surface area contributed by atoms with Gasteiger partial charge >= 0.3 is 6.03 Å². The molecule has 1 aromatic heterocycles. The van der Waals surface area contributed by atoms with Gasteiger partial charge in [-0.1, -0.05) is 23.7 Å². The lowest BCUT2D eigenvalue weighted by atomic mass is 10.0. The number of benzene rings is 1. The third kappa shape index (κ3) is 3.29. The fourth-order valence-electron chi connectivity index (χ4n) is 2.53. The van der Waals surface area contributed by atoms with Crippen molar-refractivity contribution in [3.8, 4) is 0 Å². The highest BCUT2D eigenvalue weighted by atomic mass is 35.5. The first-order valence-electron chi connectivity index (χ1n) is 7.35. The average Bonchev–Trinajstić information content (AvgIpc) is 3.04. The molecule has 0 radical (unpaired) electrons. The molecule has 0 saturated heterocycles. The van der Waals surface area contributed by atoms with Crippen molar-refractivity contribution in [2.45, 2.75) is 19.9 Å².